The van der Waals surface area contributed by atoms with Gasteiger partial charge in [0.05, 0.1) is 28.1 Å². The topological polar surface area (TPSA) is 47.4 Å². The van der Waals surface area contributed by atoms with Crippen LogP contribution in [0, 0.1) is 5.82 Å². The molecule has 5 rings (SSSR count). The highest BCUT2D eigenvalue weighted by atomic mass is 35.5. The van der Waals surface area contributed by atoms with Crippen LogP contribution in [0.15, 0.2) is 30.3 Å². The predicted molar refractivity (Wildman–Crippen MR) is 118 cm³/mol. The first-order chi connectivity index (χ1) is 14.6. The third-order valence-corrected chi connectivity index (χ3v) is 6.20. The number of rotatable bonds is 3. The number of alkyl halides is 2. The van der Waals surface area contributed by atoms with E-state index in [4.69, 9.17) is 16.3 Å². The second-order valence-corrected chi connectivity index (χ2v) is 9.21. The summed E-state index contributed by atoms with van der Waals surface area (Å²) >= 11 is 6.04. The highest BCUT2D eigenvalue weighted by Gasteiger charge is 2.48. The van der Waals surface area contributed by atoms with E-state index >= 15 is 0 Å². The molecule has 12 heteroatoms. The average molecular weight is 443 g/mol. The fraction of sp³-hybridized carbons (Fsp3) is 0.263. The lowest BCUT2D eigenvalue weighted by atomic mass is 9.48. The Morgan fingerprint density at radius 3 is 2.65 bits per heavy atom. The second kappa shape index (κ2) is 6.72. The summed E-state index contributed by atoms with van der Waals surface area (Å²) in [6.45, 7) is -3.04. The SMILES string of the molecule is BC(B)(B)N1C(=O)c2cccc(OC(F)F)c2[C@H]2C[C@@H]1c1nc3cc(F)c(Cl)cc3n12. The minimum Gasteiger partial charge on any atom is -0.434 e. The van der Waals surface area contributed by atoms with E-state index in [1.54, 1.807) is 11.0 Å². The molecule has 0 radical (unpaired) electrons. The number of carbonyl (C=O) groups is 1. The van der Waals surface area contributed by atoms with Gasteiger partial charge in [0.25, 0.3) is 5.91 Å². The van der Waals surface area contributed by atoms with Gasteiger partial charge in [0.15, 0.2) is 0 Å². The molecule has 1 amide bonds. The van der Waals surface area contributed by atoms with E-state index in [0.29, 0.717) is 34.4 Å². The molecule has 2 atom stereocenters. The van der Waals surface area contributed by atoms with Crippen molar-refractivity contribution < 1.29 is 22.7 Å². The van der Waals surface area contributed by atoms with Crippen molar-refractivity contribution in [2.75, 3.05) is 0 Å². The average Bonchev–Trinajstić information content (AvgIpc) is 3.14. The zero-order chi connectivity index (χ0) is 22.2. The van der Waals surface area contributed by atoms with E-state index in [1.165, 1.54) is 24.3 Å². The molecule has 0 saturated heterocycles. The summed E-state index contributed by atoms with van der Waals surface area (Å²) in [4.78, 5) is 20.0. The molecule has 31 heavy (non-hydrogen) atoms. The van der Waals surface area contributed by atoms with Crippen molar-refractivity contribution in [1.29, 1.82) is 0 Å². The zero-order valence-corrected chi connectivity index (χ0v) is 17.8. The maximum atomic E-state index is 14.1. The number of carbonyl (C=O) groups excluding carboxylic acids is 1. The number of aromatic nitrogens is 2. The van der Waals surface area contributed by atoms with Gasteiger partial charge in [-0.3, -0.25) is 4.79 Å². The molecule has 2 bridgehead atoms. The first-order valence-electron chi connectivity index (χ1n) is 9.86. The van der Waals surface area contributed by atoms with Gasteiger partial charge in [-0.25, -0.2) is 9.37 Å². The normalized spacial score (nSPS) is 20.2. The Morgan fingerprint density at radius 1 is 1.23 bits per heavy atom. The van der Waals surface area contributed by atoms with Crippen molar-refractivity contribution in [3.05, 3.63) is 58.1 Å². The predicted octanol–water partition coefficient (Wildman–Crippen LogP) is 1.43. The van der Waals surface area contributed by atoms with Crippen LogP contribution in [0.4, 0.5) is 13.2 Å². The van der Waals surface area contributed by atoms with E-state index in [-0.39, 0.29) is 16.7 Å². The first-order valence-corrected chi connectivity index (χ1v) is 10.2. The van der Waals surface area contributed by atoms with Gasteiger partial charge in [-0.1, -0.05) is 17.7 Å². The summed E-state index contributed by atoms with van der Waals surface area (Å²) in [5, 5.41) is -0.639. The zero-order valence-electron chi connectivity index (χ0n) is 17.0. The highest BCUT2D eigenvalue weighted by molar-refractivity contribution is 6.60. The fourth-order valence-corrected chi connectivity index (χ4v) is 5.04. The third kappa shape index (κ3) is 2.97. The lowest BCUT2D eigenvalue weighted by Gasteiger charge is -2.40. The summed E-state index contributed by atoms with van der Waals surface area (Å²) in [6.07, 6.45) is 0.437. The van der Waals surface area contributed by atoms with Gasteiger partial charge in [0.1, 0.15) is 40.9 Å². The van der Waals surface area contributed by atoms with Crippen LogP contribution in [-0.2, 0) is 0 Å². The quantitative estimate of drug-likeness (QED) is 0.576. The van der Waals surface area contributed by atoms with Gasteiger partial charge in [0.2, 0.25) is 0 Å². The Kier molecular flexibility index (Phi) is 4.42. The van der Waals surface area contributed by atoms with E-state index in [2.05, 4.69) is 4.98 Å². The molecule has 2 aliphatic rings. The van der Waals surface area contributed by atoms with Crippen LogP contribution in [0.5, 0.6) is 5.75 Å². The highest BCUT2D eigenvalue weighted by Crippen LogP contribution is 2.51. The van der Waals surface area contributed by atoms with Crippen molar-refractivity contribution in [1.82, 2.24) is 14.5 Å². The monoisotopic (exact) mass is 443 g/mol. The van der Waals surface area contributed by atoms with Gasteiger partial charge in [0, 0.05) is 23.6 Å². The minimum atomic E-state index is -3.04. The van der Waals surface area contributed by atoms with E-state index < -0.39 is 29.7 Å². The van der Waals surface area contributed by atoms with E-state index in [1.807, 2.05) is 28.1 Å². The maximum absolute atomic E-state index is 14.1. The molecule has 3 heterocycles. The second-order valence-electron chi connectivity index (χ2n) is 8.80. The molecular weight excluding hydrogens is 427 g/mol. The van der Waals surface area contributed by atoms with Crippen LogP contribution in [0.1, 0.15) is 40.3 Å². The maximum Gasteiger partial charge on any atom is 0.387 e. The van der Waals surface area contributed by atoms with Crippen LogP contribution in [-0.4, -0.2) is 55.7 Å². The molecular formula is C19H16B3ClF3N3O2. The van der Waals surface area contributed by atoms with Crippen molar-refractivity contribution in [3.63, 3.8) is 0 Å². The largest absolute Gasteiger partial charge is 0.434 e. The summed E-state index contributed by atoms with van der Waals surface area (Å²) < 4.78 is 47.2. The summed E-state index contributed by atoms with van der Waals surface area (Å²) in [7, 11) is 5.73. The van der Waals surface area contributed by atoms with E-state index in [0.717, 1.165) is 0 Å². The third-order valence-electron chi connectivity index (χ3n) is 5.91. The summed E-state index contributed by atoms with van der Waals surface area (Å²) in [6, 6.07) is 6.42. The number of fused-ring (bicyclic) bond motifs is 9. The number of hydrogen-bond acceptors (Lipinski definition) is 3. The molecule has 2 aromatic carbocycles. The first kappa shape index (κ1) is 20.4. The van der Waals surface area contributed by atoms with Crippen LogP contribution in [0.3, 0.4) is 0 Å². The Morgan fingerprint density at radius 2 is 1.97 bits per heavy atom. The molecule has 156 valence electrons. The number of halogens is 4. The fourth-order valence-electron chi connectivity index (χ4n) is 4.88. The van der Waals surface area contributed by atoms with E-state index in [9.17, 15) is 18.0 Å². The molecule has 0 spiro atoms. The molecule has 0 saturated carbocycles. The molecule has 2 aliphatic heterocycles. The standard InChI is InChI=1S/C19H16B3ClF3N3O2/c20-19(21,22)29-13-6-12(15-7(17(29)30)2-1-3-14(15)31-18(25)26)28-11-4-8(23)9(24)5-10(11)27-16(13)28/h1-5,12-13,18H,6,20-22H2/t12-,13-/m1/s1. The Hall–Kier alpha value is -2.55. The van der Waals surface area contributed by atoms with Crippen LogP contribution in [0.2, 0.25) is 5.02 Å². The number of ether oxygens (including phenoxy) is 1. The van der Waals surface area contributed by atoms with Crippen molar-refractivity contribution in [2.45, 2.75) is 30.4 Å². The molecule has 5 nitrogen and oxygen atoms in total. The molecule has 1 aromatic heterocycles. The van der Waals surface area contributed by atoms with Gasteiger partial charge in [-0.05, 0) is 23.4 Å². The molecule has 0 fully saturated rings. The summed E-state index contributed by atoms with van der Waals surface area (Å²) in [5.41, 5.74) is 1.66. The van der Waals surface area contributed by atoms with Crippen molar-refractivity contribution in [2.24, 2.45) is 0 Å². The number of hydrogen-bond donors (Lipinski definition) is 0. The lowest BCUT2D eigenvalue weighted by Crippen LogP contribution is -2.54. The number of amides is 1. The lowest BCUT2D eigenvalue weighted by molar-refractivity contribution is -0.0507. The molecule has 0 unspecified atom stereocenters. The van der Waals surface area contributed by atoms with Crippen molar-refractivity contribution in [3.8, 4) is 5.75 Å². The Balaban J connectivity index is 1.85. The number of imidazole rings is 1. The van der Waals surface area contributed by atoms with Crippen molar-refractivity contribution >= 4 is 52.1 Å². The van der Waals surface area contributed by atoms with Gasteiger partial charge in [-0.15, -0.1) is 0 Å². The molecule has 0 aliphatic carbocycles. The van der Waals surface area contributed by atoms with Gasteiger partial charge in [-0.2, -0.15) is 8.78 Å². The number of benzene rings is 2. The minimum absolute atomic E-state index is 0.0525. The Bertz CT molecular complexity index is 1250. The Labute approximate surface area is 183 Å². The number of nitrogens with zero attached hydrogens (tertiary/aromatic N) is 3. The van der Waals surface area contributed by atoms with Crippen LogP contribution in [0.25, 0.3) is 11.0 Å². The molecule has 3 aromatic rings. The van der Waals surface area contributed by atoms with Crippen LogP contribution < -0.4 is 4.74 Å². The smallest absolute Gasteiger partial charge is 0.387 e. The summed E-state index contributed by atoms with van der Waals surface area (Å²) in [5.74, 6) is -0.359. The van der Waals surface area contributed by atoms with Crippen LogP contribution >= 0.6 is 11.6 Å². The molecule has 0 N–H and O–H groups in total. The van der Waals surface area contributed by atoms with Gasteiger partial charge >= 0.3 is 6.61 Å². The van der Waals surface area contributed by atoms with Gasteiger partial charge < -0.3 is 14.2 Å².